The quantitative estimate of drug-likeness (QED) is 0.736. The smallest absolute Gasteiger partial charge is 0.358 e. The van der Waals surface area contributed by atoms with E-state index in [1.165, 1.54) is 12.4 Å². The van der Waals surface area contributed by atoms with E-state index >= 15 is 0 Å². The maximum absolute atomic E-state index is 10.9. The maximum Gasteiger partial charge on any atom is 0.358 e. The maximum atomic E-state index is 10.9. The Balaban J connectivity index is 1.85. The number of nitrogens with zero attached hydrogens (tertiary/aromatic N) is 4. The van der Waals surface area contributed by atoms with Gasteiger partial charge in [-0.05, 0) is 12.5 Å². The number of carboxylic acid groups (broad SMARTS) is 1. The molecule has 18 heavy (non-hydrogen) atoms. The Labute approximate surface area is 104 Å². The summed E-state index contributed by atoms with van der Waals surface area (Å²) in [7, 11) is 0. The molecule has 0 bridgehead atoms. The van der Waals surface area contributed by atoms with Crippen molar-refractivity contribution in [1.29, 1.82) is 0 Å². The van der Waals surface area contributed by atoms with Crippen LogP contribution in [0.2, 0.25) is 0 Å². The van der Waals surface area contributed by atoms with Gasteiger partial charge in [0.15, 0.2) is 11.5 Å². The van der Waals surface area contributed by atoms with Crippen molar-refractivity contribution in [3.8, 4) is 0 Å². The fourth-order valence-corrected chi connectivity index (χ4v) is 1.50. The summed E-state index contributed by atoms with van der Waals surface area (Å²) in [6.07, 6.45) is 7.24. The standard InChI is InChI=1S/C11H13N5O2/c17-11(18)9-10(14-6-5-12-9)13-3-1-7-16-8-2-4-15-16/h2,4-6,8H,1,3,7H2,(H,13,14)(H,17,18). The zero-order valence-electron chi connectivity index (χ0n) is 9.65. The average Bonchev–Trinajstić information content (AvgIpc) is 2.88. The van der Waals surface area contributed by atoms with E-state index in [9.17, 15) is 4.79 Å². The predicted molar refractivity (Wildman–Crippen MR) is 64.3 cm³/mol. The normalized spacial score (nSPS) is 10.2. The molecular formula is C11H13N5O2. The molecule has 2 rings (SSSR count). The largest absolute Gasteiger partial charge is 0.476 e. The van der Waals surface area contributed by atoms with Crippen LogP contribution in [0.4, 0.5) is 5.82 Å². The number of aromatic nitrogens is 4. The Morgan fingerprint density at radius 1 is 1.33 bits per heavy atom. The Morgan fingerprint density at radius 2 is 2.17 bits per heavy atom. The summed E-state index contributed by atoms with van der Waals surface area (Å²) in [5.74, 6) is -0.789. The van der Waals surface area contributed by atoms with Crippen molar-refractivity contribution in [2.45, 2.75) is 13.0 Å². The Bertz CT molecular complexity index is 512. The molecule has 0 saturated heterocycles. The predicted octanol–water partition coefficient (Wildman–Crippen LogP) is 0.873. The summed E-state index contributed by atoms with van der Waals surface area (Å²) in [5, 5.41) is 16.0. The molecule has 94 valence electrons. The Kier molecular flexibility index (Phi) is 3.85. The lowest BCUT2D eigenvalue weighted by atomic mass is 10.3. The van der Waals surface area contributed by atoms with Gasteiger partial charge in [-0.15, -0.1) is 0 Å². The monoisotopic (exact) mass is 247 g/mol. The molecule has 0 atom stereocenters. The van der Waals surface area contributed by atoms with Crippen LogP contribution in [0.3, 0.4) is 0 Å². The molecule has 0 aliphatic carbocycles. The highest BCUT2D eigenvalue weighted by Gasteiger charge is 2.11. The van der Waals surface area contributed by atoms with E-state index in [0.717, 1.165) is 13.0 Å². The minimum absolute atomic E-state index is 0.0587. The third kappa shape index (κ3) is 3.03. The van der Waals surface area contributed by atoms with Gasteiger partial charge in [0.05, 0.1) is 0 Å². The molecule has 2 aromatic rings. The highest BCUT2D eigenvalue weighted by molar-refractivity contribution is 5.90. The lowest BCUT2D eigenvalue weighted by molar-refractivity contribution is 0.0691. The van der Waals surface area contributed by atoms with Gasteiger partial charge in [-0.1, -0.05) is 0 Å². The number of rotatable bonds is 6. The van der Waals surface area contributed by atoms with E-state index < -0.39 is 5.97 Å². The van der Waals surface area contributed by atoms with Gasteiger partial charge < -0.3 is 10.4 Å². The first kappa shape index (κ1) is 12.0. The topological polar surface area (TPSA) is 92.9 Å². The zero-order valence-corrected chi connectivity index (χ0v) is 9.65. The van der Waals surface area contributed by atoms with Crippen LogP contribution in [-0.2, 0) is 6.54 Å². The van der Waals surface area contributed by atoms with Crippen LogP contribution in [0.1, 0.15) is 16.9 Å². The van der Waals surface area contributed by atoms with Gasteiger partial charge >= 0.3 is 5.97 Å². The number of nitrogens with one attached hydrogen (secondary N) is 1. The van der Waals surface area contributed by atoms with Gasteiger partial charge in [0.2, 0.25) is 0 Å². The molecule has 0 unspecified atom stereocenters. The van der Waals surface area contributed by atoms with E-state index in [2.05, 4.69) is 20.4 Å². The second-order valence-corrected chi connectivity index (χ2v) is 3.61. The molecule has 0 saturated carbocycles. The number of aromatic carboxylic acids is 1. The molecule has 2 N–H and O–H groups in total. The molecule has 7 nitrogen and oxygen atoms in total. The number of anilines is 1. The Morgan fingerprint density at radius 3 is 2.89 bits per heavy atom. The van der Waals surface area contributed by atoms with E-state index in [-0.39, 0.29) is 5.69 Å². The van der Waals surface area contributed by atoms with Crippen molar-refractivity contribution in [2.24, 2.45) is 0 Å². The molecular weight excluding hydrogens is 234 g/mol. The van der Waals surface area contributed by atoms with Crippen molar-refractivity contribution in [2.75, 3.05) is 11.9 Å². The summed E-state index contributed by atoms with van der Waals surface area (Å²) in [5.41, 5.74) is -0.0587. The van der Waals surface area contributed by atoms with E-state index in [4.69, 9.17) is 5.11 Å². The molecule has 0 fully saturated rings. The lowest BCUT2D eigenvalue weighted by Gasteiger charge is -2.07. The van der Waals surface area contributed by atoms with Crippen molar-refractivity contribution >= 4 is 11.8 Å². The van der Waals surface area contributed by atoms with Crippen LogP contribution in [0.5, 0.6) is 0 Å². The Hall–Kier alpha value is -2.44. The number of hydrogen-bond donors (Lipinski definition) is 2. The van der Waals surface area contributed by atoms with Gasteiger partial charge in [0.1, 0.15) is 0 Å². The van der Waals surface area contributed by atoms with Crippen molar-refractivity contribution < 1.29 is 9.90 Å². The molecule has 2 heterocycles. The summed E-state index contributed by atoms with van der Waals surface area (Å²) < 4.78 is 1.82. The van der Waals surface area contributed by atoms with Crippen molar-refractivity contribution in [1.82, 2.24) is 19.7 Å². The molecule has 0 aliphatic heterocycles. The van der Waals surface area contributed by atoms with E-state index in [1.807, 2.05) is 16.9 Å². The van der Waals surface area contributed by atoms with Crippen LogP contribution < -0.4 is 5.32 Å². The number of carboxylic acids is 1. The van der Waals surface area contributed by atoms with E-state index in [0.29, 0.717) is 12.4 Å². The highest BCUT2D eigenvalue weighted by Crippen LogP contribution is 2.07. The summed E-state index contributed by atoms with van der Waals surface area (Å²) in [6, 6.07) is 1.86. The molecule has 7 heteroatoms. The molecule has 0 radical (unpaired) electrons. The van der Waals surface area contributed by atoms with Crippen LogP contribution >= 0.6 is 0 Å². The van der Waals surface area contributed by atoms with Gasteiger partial charge in [-0.25, -0.2) is 14.8 Å². The second-order valence-electron chi connectivity index (χ2n) is 3.61. The first-order valence-corrected chi connectivity index (χ1v) is 5.53. The highest BCUT2D eigenvalue weighted by atomic mass is 16.4. The number of hydrogen-bond acceptors (Lipinski definition) is 5. The molecule has 0 amide bonds. The molecule has 0 aliphatic rings. The lowest BCUT2D eigenvalue weighted by Crippen LogP contribution is -2.12. The second kappa shape index (κ2) is 5.76. The average molecular weight is 247 g/mol. The van der Waals surface area contributed by atoms with Crippen LogP contribution in [0, 0.1) is 0 Å². The van der Waals surface area contributed by atoms with Crippen LogP contribution in [-0.4, -0.2) is 37.4 Å². The van der Waals surface area contributed by atoms with Crippen molar-refractivity contribution in [3.63, 3.8) is 0 Å². The number of aryl methyl sites for hydroxylation is 1. The fraction of sp³-hybridized carbons (Fsp3) is 0.273. The third-order valence-corrected chi connectivity index (χ3v) is 2.32. The molecule has 0 aromatic carbocycles. The SMILES string of the molecule is O=C(O)c1nccnc1NCCCn1cccn1. The first-order valence-electron chi connectivity index (χ1n) is 5.53. The van der Waals surface area contributed by atoms with E-state index in [1.54, 1.807) is 6.20 Å². The number of carbonyl (C=O) groups is 1. The zero-order chi connectivity index (χ0) is 12.8. The van der Waals surface area contributed by atoms with Gasteiger partial charge in [-0.2, -0.15) is 5.10 Å². The van der Waals surface area contributed by atoms with Crippen LogP contribution in [0.15, 0.2) is 30.9 Å². The minimum atomic E-state index is -1.09. The third-order valence-electron chi connectivity index (χ3n) is 2.32. The summed E-state index contributed by atoms with van der Waals surface area (Å²) >= 11 is 0. The minimum Gasteiger partial charge on any atom is -0.476 e. The summed E-state index contributed by atoms with van der Waals surface area (Å²) in [6.45, 7) is 1.38. The summed E-state index contributed by atoms with van der Waals surface area (Å²) in [4.78, 5) is 18.6. The van der Waals surface area contributed by atoms with Gasteiger partial charge in [0.25, 0.3) is 0 Å². The van der Waals surface area contributed by atoms with Gasteiger partial charge in [0, 0.05) is 37.9 Å². The van der Waals surface area contributed by atoms with Crippen LogP contribution in [0.25, 0.3) is 0 Å². The molecule has 2 aromatic heterocycles. The molecule has 0 spiro atoms. The fourth-order valence-electron chi connectivity index (χ4n) is 1.50. The van der Waals surface area contributed by atoms with Crippen molar-refractivity contribution in [3.05, 3.63) is 36.5 Å². The first-order chi connectivity index (χ1) is 8.77. The van der Waals surface area contributed by atoms with Gasteiger partial charge in [-0.3, -0.25) is 4.68 Å².